The quantitative estimate of drug-likeness (QED) is 0.443. The lowest BCUT2D eigenvalue weighted by Crippen LogP contribution is -2.31. The molecule has 0 saturated carbocycles. The van der Waals surface area contributed by atoms with Crippen LogP contribution >= 0.6 is 11.8 Å². The molecule has 2 aliphatic heterocycles. The van der Waals surface area contributed by atoms with Crippen molar-refractivity contribution in [1.82, 2.24) is 19.6 Å². The summed E-state index contributed by atoms with van der Waals surface area (Å²) in [7, 11) is -2.15. The summed E-state index contributed by atoms with van der Waals surface area (Å²) in [5, 5.41) is 12.3. The van der Waals surface area contributed by atoms with Crippen LogP contribution in [0.5, 0.6) is 5.88 Å². The van der Waals surface area contributed by atoms with E-state index >= 15 is 0 Å². The maximum Gasteiger partial charge on any atom is 0.240 e. The first-order valence-corrected chi connectivity index (χ1v) is 14.3. The van der Waals surface area contributed by atoms with Crippen LogP contribution in [0.25, 0.3) is 11.0 Å². The van der Waals surface area contributed by atoms with Gasteiger partial charge in [0.2, 0.25) is 21.8 Å². The molecule has 37 heavy (non-hydrogen) atoms. The maximum atomic E-state index is 12.9. The molecule has 10 nitrogen and oxygen atoms in total. The second-order valence-electron chi connectivity index (χ2n) is 9.04. The van der Waals surface area contributed by atoms with Gasteiger partial charge in [0, 0.05) is 42.4 Å². The molecule has 192 valence electrons. The number of carbonyl (C=O) groups is 1. The third-order valence-electron chi connectivity index (χ3n) is 6.63. The molecule has 1 fully saturated rings. The fourth-order valence-electron chi connectivity index (χ4n) is 4.66. The van der Waals surface area contributed by atoms with Crippen LogP contribution in [0, 0.1) is 17.2 Å². The number of ether oxygens (including phenoxy) is 1. The lowest BCUT2D eigenvalue weighted by Gasteiger charge is -2.18. The van der Waals surface area contributed by atoms with Gasteiger partial charge in [-0.15, -0.1) is 11.8 Å². The van der Waals surface area contributed by atoms with E-state index in [0.717, 1.165) is 36.5 Å². The number of aromatic nitrogens is 2. The standard InChI is InChI=1S/C25H26N6O4S2/c1-35-24-5-3-20-25(30-24)19(17(11-26)13-27-20)7-9-31-8-6-16(14-31)12-28-37(33,34)18-2-4-22-21(10-18)29-23(32)15-36-22/h2-5,10,13,16,28H,6-9,12,14-15H2,1H3,(H,29,32)/t16-/m0/s1. The summed E-state index contributed by atoms with van der Waals surface area (Å²) in [6.45, 7) is 2.65. The van der Waals surface area contributed by atoms with Crippen LogP contribution in [0.15, 0.2) is 46.3 Å². The number of amides is 1. The molecule has 2 aliphatic rings. The van der Waals surface area contributed by atoms with Crippen molar-refractivity contribution in [2.24, 2.45) is 5.92 Å². The number of likely N-dealkylation sites (tertiary alicyclic amines) is 1. The van der Waals surface area contributed by atoms with Gasteiger partial charge in [-0.25, -0.2) is 18.1 Å². The number of benzene rings is 1. The van der Waals surface area contributed by atoms with Gasteiger partial charge in [-0.05, 0) is 49.6 Å². The number of thioether (sulfide) groups is 1. The number of hydrogen-bond acceptors (Lipinski definition) is 9. The van der Waals surface area contributed by atoms with E-state index in [1.165, 1.54) is 17.8 Å². The fourth-order valence-corrected chi connectivity index (χ4v) is 6.59. The number of anilines is 1. The lowest BCUT2D eigenvalue weighted by atomic mass is 10.0. The topological polar surface area (TPSA) is 137 Å². The number of nitrogens with one attached hydrogen (secondary N) is 2. The van der Waals surface area contributed by atoms with Crippen LogP contribution in [0.4, 0.5) is 5.69 Å². The molecule has 2 N–H and O–H groups in total. The van der Waals surface area contributed by atoms with Crippen molar-refractivity contribution in [1.29, 1.82) is 5.26 Å². The number of methoxy groups -OCH3 is 1. The van der Waals surface area contributed by atoms with E-state index in [9.17, 15) is 18.5 Å². The SMILES string of the molecule is COc1ccc2ncc(C#N)c(CCN3CC[C@@H](CNS(=O)(=O)c4ccc5c(c4)NC(=O)CS5)C3)c2n1. The van der Waals surface area contributed by atoms with E-state index in [0.29, 0.717) is 46.9 Å². The maximum absolute atomic E-state index is 12.9. The molecule has 3 aromatic rings. The third kappa shape index (κ3) is 5.55. The average Bonchev–Trinajstić information content (AvgIpc) is 3.37. The summed E-state index contributed by atoms with van der Waals surface area (Å²) >= 11 is 1.39. The Morgan fingerprint density at radius 1 is 1.32 bits per heavy atom. The predicted octanol–water partition coefficient (Wildman–Crippen LogP) is 2.40. The van der Waals surface area contributed by atoms with Crippen LogP contribution in [-0.2, 0) is 21.2 Å². The number of hydrogen-bond donors (Lipinski definition) is 2. The Kier molecular flexibility index (Phi) is 7.30. The fraction of sp³-hybridized carbons (Fsp3) is 0.360. The largest absolute Gasteiger partial charge is 0.481 e. The van der Waals surface area contributed by atoms with Crippen molar-refractivity contribution in [3.63, 3.8) is 0 Å². The van der Waals surface area contributed by atoms with Crippen molar-refractivity contribution >= 4 is 44.4 Å². The minimum atomic E-state index is -3.70. The number of nitrogens with zero attached hydrogens (tertiary/aromatic N) is 4. The minimum Gasteiger partial charge on any atom is -0.481 e. The lowest BCUT2D eigenvalue weighted by molar-refractivity contribution is -0.113. The molecule has 5 rings (SSSR count). The Hall–Kier alpha value is -3.24. The van der Waals surface area contributed by atoms with Crippen molar-refractivity contribution in [2.75, 3.05) is 44.4 Å². The number of nitriles is 1. The van der Waals surface area contributed by atoms with Crippen molar-refractivity contribution in [3.8, 4) is 11.9 Å². The van der Waals surface area contributed by atoms with E-state index in [-0.39, 0.29) is 16.7 Å². The van der Waals surface area contributed by atoms with Gasteiger partial charge in [-0.1, -0.05) is 0 Å². The van der Waals surface area contributed by atoms with Crippen molar-refractivity contribution < 1.29 is 17.9 Å². The summed E-state index contributed by atoms with van der Waals surface area (Å²) in [6.07, 6.45) is 3.07. The second kappa shape index (κ2) is 10.6. The van der Waals surface area contributed by atoms with Gasteiger partial charge in [0.05, 0.1) is 40.0 Å². The monoisotopic (exact) mass is 538 g/mol. The highest BCUT2D eigenvalue weighted by atomic mass is 32.2. The first-order chi connectivity index (χ1) is 17.9. The molecule has 0 bridgehead atoms. The Balaban J connectivity index is 1.20. The first-order valence-electron chi connectivity index (χ1n) is 11.9. The zero-order chi connectivity index (χ0) is 26.0. The van der Waals surface area contributed by atoms with Gasteiger partial charge >= 0.3 is 0 Å². The Morgan fingerprint density at radius 3 is 3.00 bits per heavy atom. The molecule has 0 radical (unpaired) electrons. The summed E-state index contributed by atoms with van der Waals surface area (Å²) in [4.78, 5) is 23.8. The molecule has 0 unspecified atom stereocenters. The third-order valence-corrected chi connectivity index (χ3v) is 9.12. The van der Waals surface area contributed by atoms with Crippen molar-refractivity contribution in [2.45, 2.75) is 22.6 Å². The van der Waals surface area contributed by atoms with Crippen LogP contribution in [0.1, 0.15) is 17.5 Å². The molecular weight excluding hydrogens is 512 g/mol. The molecule has 1 saturated heterocycles. The summed E-state index contributed by atoms with van der Waals surface area (Å²) in [5.74, 6) is 0.836. The average molecular weight is 539 g/mol. The van der Waals surface area contributed by atoms with Crippen LogP contribution in [0.2, 0.25) is 0 Å². The normalized spacial score (nSPS) is 17.8. The highest BCUT2D eigenvalue weighted by Crippen LogP contribution is 2.33. The number of rotatable bonds is 8. The van der Waals surface area contributed by atoms with E-state index < -0.39 is 10.0 Å². The van der Waals surface area contributed by atoms with Crippen LogP contribution < -0.4 is 14.8 Å². The van der Waals surface area contributed by atoms with Gasteiger partial charge in [0.15, 0.2) is 0 Å². The molecule has 1 amide bonds. The molecule has 12 heteroatoms. The molecule has 2 aromatic heterocycles. The van der Waals surface area contributed by atoms with Gasteiger partial charge in [0.25, 0.3) is 0 Å². The Morgan fingerprint density at radius 2 is 2.19 bits per heavy atom. The first kappa shape index (κ1) is 25.4. The molecule has 0 aliphatic carbocycles. The smallest absolute Gasteiger partial charge is 0.240 e. The highest BCUT2D eigenvalue weighted by Gasteiger charge is 2.26. The van der Waals surface area contributed by atoms with Gasteiger partial charge in [-0.2, -0.15) is 5.26 Å². The predicted molar refractivity (Wildman–Crippen MR) is 140 cm³/mol. The van der Waals surface area contributed by atoms with Crippen LogP contribution in [-0.4, -0.2) is 68.2 Å². The minimum absolute atomic E-state index is 0.136. The van der Waals surface area contributed by atoms with E-state index in [1.807, 2.05) is 6.07 Å². The summed E-state index contributed by atoms with van der Waals surface area (Å²) in [5.41, 5.74) is 3.25. The van der Waals surface area contributed by atoms with Gasteiger partial charge in [0.1, 0.15) is 6.07 Å². The molecule has 0 spiro atoms. The summed E-state index contributed by atoms with van der Waals surface area (Å²) in [6, 6.07) is 10.6. The van der Waals surface area contributed by atoms with E-state index in [1.54, 1.807) is 31.5 Å². The Labute approximate surface area is 219 Å². The van der Waals surface area contributed by atoms with Gasteiger partial charge < -0.3 is 15.0 Å². The van der Waals surface area contributed by atoms with Crippen LogP contribution in [0.3, 0.4) is 0 Å². The highest BCUT2D eigenvalue weighted by molar-refractivity contribution is 8.00. The number of carbonyl (C=O) groups excluding carboxylic acids is 1. The zero-order valence-electron chi connectivity index (χ0n) is 20.2. The number of fused-ring (bicyclic) bond motifs is 2. The molecule has 4 heterocycles. The molecular formula is C25H26N6O4S2. The molecule has 1 atom stereocenters. The van der Waals surface area contributed by atoms with Gasteiger partial charge in [-0.3, -0.25) is 9.78 Å². The Bertz CT molecular complexity index is 1510. The zero-order valence-corrected chi connectivity index (χ0v) is 21.9. The summed E-state index contributed by atoms with van der Waals surface area (Å²) < 4.78 is 33.8. The molecule has 1 aromatic carbocycles. The van der Waals surface area contributed by atoms with Crippen molar-refractivity contribution in [3.05, 3.63) is 47.7 Å². The second-order valence-corrected chi connectivity index (χ2v) is 11.8. The number of sulfonamides is 1. The number of pyridine rings is 2. The van der Waals surface area contributed by atoms with E-state index in [4.69, 9.17) is 4.74 Å². The van der Waals surface area contributed by atoms with E-state index in [2.05, 4.69) is 31.0 Å².